The van der Waals surface area contributed by atoms with E-state index >= 15 is 0 Å². The van der Waals surface area contributed by atoms with Crippen LogP contribution in [0.2, 0.25) is 0 Å². The summed E-state index contributed by atoms with van der Waals surface area (Å²) in [6, 6.07) is 3.74. The van der Waals surface area contributed by atoms with Gasteiger partial charge in [0.05, 0.1) is 11.4 Å². The Hall–Kier alpha value is -2.06. The van der Waals surface area contributed by atoms with Gasteiger partial charge in [0.25, 0.3) is 5.56 Å². The molecule has 3 aromatic heterocycles. The smallest absolute Gasteiger partial charge is 0.275 e. The van der Waals surface area contributed by atoms with Crippen molar-refractivity contribution in [3.63, 3.8) is 0 Å². The van der Waals surface area contributed by atoms with Gasteiger partial charge in [-0.1, -0.05) is 11.3 Å². The highest BCUT2D eigenvalue weighted by atomic mass is 32.1. The summed E-state index contributed by atoms with van der Waals surface area (Å²) in [5, 5.41) is 12.5. The van der Waals surface area contributed by atoms with Crippen LogP contribution in [0.25, 0.3) is 4.96 Å². The molecule has 7 nitrogen and oxygen atoms in total. The predicted octanol–water partition coefficient (Wildman–Crippen LogP) is 1.87. The molecule has 126 valence electrons. The Morgan fingerprint density at radius 3 is 3.04 bits per heavy atom. The summed E-state index contributed by atoms with van der Waals surface area (Å²) in [4.78, 5) is 19.8. The molecular formula is C16H20N6OS. The number of likely N-dealkylation sites (tertiary alicyclic amines) is 1. The van der Waals surface area contributed by atoms with Crippen LogP contribution >= 0.6 is 11.3 Å². The summed E-state index contributed by atoms with van der Waals surface area (Å²) in [5.41, 5.74) is 2.96. The zero-order valence-corrected chi connectivity index (χ0v) is 14.6. The summed E-state index contributed by atoms with van der Waals surface area (Å²) < 4.78 is 1.38. The summed E-state index contributed by atoms with van der Waals surface area (Å²) in [6.07, 6.45) is 2.29. The predicted molar refractivity (Wildman–Crippen MR) is 92.4 cm³/mol. The van der Waals surface area contributed by atoms with E-state index in [1.807, 2.05) is 13.8 Å². The van der Waals surface area contributed by atoms with Crippen molar-refractivity contribution in [2.75, 3.05) is 13.1 Å². The van der Waals surface area contributed by atoms with Crippen LogP contribution in [0, 0.1) is 13.8 Å². The van der Waals surface area contributed by atoms with Crippen molar-refractivity contribution >= 4 is 16.3 Å². The first-order valence-electron chi connectivity index (χ1n) is 8.19. The fourth-order valence-corrected chi connectivity index (χ4v) is 4.12. The van der Waals surface area contributed by atoms with Crippen LogP contribution in [0.15, 0.2) is 16.9 Å². The molecule has 1 unspecified atom stereocenters. The number of hydrogen-bond donors (Lipinski definition) is 1. The first kappa shape index (κ1) is 15.5. The molecule has 0 amide bonds. The van der Waals surface area contributed by atoms with Crippen molar-refractivity contribution in [2.24, 2.45) is 0 Å². The molecule has 0 bridgehead atoms. The molecule has 4 rings (SSSR count). The van der Waals surface area contributed by atoms with Crippen LogP contribution in [0.3, 0.4) is 0 Å². The number of aromatic amines is 1. The lowest BCUT2D eigenvalue weighted by molar-refractivity contribution is 0.196. The van der Waals surface area contributed by atoms with Crippen LogP contribution in [-0.2, 0) is 6.54 Å². The fourth-order valence-electron chi connectivity index (χ4n) is 3.35. The number of hydrogen-bond acceptors (Lipinski definition) is 6. The number of fused-ring (bicyclic) bond motifs is 1. The van der Waals surface area contributed by atoms with Gasteiger partial charge < -0.3 is 0 Å². The molecule has 24 heavy (non-hydrogen) atoms. The number of aryl methyl sites for hydroxylation is 2. The van der Waals surface area contributed by atoms with Crippen LogP contribution < -0.4 is 5.56 Å². The second-order valence-electron chi connectivity index (χ2n) is 6.45. The quantitative estimate of drug-likeness (QED) is 0.785. The maximum absolute atomic E-state index is 12.2. The number of rotatable bonds is 3. The molecule has 0 spiro atoms. The Bertz CT molecular complexity index is 926. The Labute approximate surface area is 143 Å². The van der Waals surface area contributed by atoms with Gasteiger partial charge in [-0.15, -0.1) is 0 Å². The van der Waals surface area contributed by atoms with Crippen molar-refractivity contribution in [1.29, 1.82) is 0 Å². The number of H-pyrrole nitrogens is 1. The Morgan fingerprint density at radius 2 is 2.25 bits per heavy atom. The Balaban J connectivity index is 1.53. The molecule has 1 aliphatic rings. The van der Waals surface area contributed by atoms with E-state index in [0.29, 0.717) is 17.4 Å². The third-order valence-corrected chi connectivity index (χ3v) is 5.26. The van der Waals surface area contributed by atoms with E-state index in [2.05, 4.69) is 31.2 Å². The normalized spacial score (nSPS) is 19.2. The lowest BCUT2D eigenvalue weighted by Crippen LogP contribution is -2.34. The molecule has 1 saturated heterocycles. The average Bonchev–Trinajstić information content (AvgIpc) is 3.13. The molecule has 3 aromatic rings. The van der Waals surface area contributed by atoms with E-state index < -0.39 is 0 Å². The number of nitrogens with one attached hydrogen (secondary N) is 1. The van der Waals surface area contributed by atoms with E-state index in [1.54, 1.807) is 6.07 Å². The van der Waals surface area contributed by atoms with Gasteiger partial charge in [-0.3, -0.25) is 14.8 Å². The van der Waals surface area contributed by atoms with Crippen molar-refractivity contribution in [2.45, 2.75) is 39.2 Å². The maximum atomic E-state index is 12.2. The van der Waals surface area contributed by atoms with Crippen LogP contribution in [0.5, 0.6) is 0 Å². The van der Waals surface area contributed by atoms with Gasteiger partial charge in [-0.05, 0) is 39.3 Å². The van der Waals surface area contributed by atoms with Crippen molar-refractivity contribution in [3.05, 3.63) is 44.6 Å². The number of aromatic nitrogens is 5. The van der Waals surface area contributed by atoms with E-state index in [9.17, 15) is 4.79 Å². The van der Waals surface area contributed by atoms with Crippen LogP contribution in [0.1, 0.15) is 40.8 Å². The summed E-state index contributed by atoms with van der Waals surface area (Å²) in [5.74, 6) is 0.444. The van der Waals surface area contributed by atoms with Crippen LogP contribution in [0.4, 0.5) is 0 Å². The molecule has 1 aliphatic heterocycles. The molecular weight excluding hydrogens is 324 g/mol. The minimum Gasteiger partial charge on any atom is -0.297 e. The third-order valence-electron chi connectivity index (χ3n) is 4.43. The van der Waals surface area contributed by atoms with Crippen molar-refractivity contribution in [3.8, 4) is 0 Å². The van der Waals surface area contributed by atoms with E-state index in [1.165, 1.54) is 15.9 Å². The minimum absolute atomic E-state index is 0.101. The first-order chi connectivity index (χ1) is 11.6. The maximum Gasteiger partial charge on any atom is 0.275 e. The lowest BCUT2D eigenvalue weighted by Gasteiger charge is -2.31. The monoisotopic (exact) mass is 344 g/mol. The third kappa shape index (κ3) is 2.99. The van der Waals surface area contributed by atoms with Gasteiger partial charge in [-0.2, -0.15) is 14.7 Å². The zero-order chi connectivity index (χ0) is 16.7. The van der Waals surface area contributed by atoms with Gasteiger partial charge in [-0.25, -0.2) is 4.98 Å². The summed E-state index contributed by atoms with van der Waals surface area (Å²) in [6.45, 7) is 6.60. The molecule has 0 saturated carbocycles. The van der Waals surface area contributed by atoms with Gasteiger partial charge in [0.15, 0.2) is 0 Å². The number of nitrogens with zero attached hydrogens (tertiary/aromatic N) is 5. The Morgan fingerprint density at radius 1 is 1.38 bits per heavy atom. The minimum atomic E-state index is -0.101. The SMILES string of the molecule is Cc1cc(C2CCCN(Cc3cc(=O)n4nc(C)sc4n3)C2)n[nH]1. The second-order valence-corrected chi connectivity index (χ2v) is 7.61. The van der Waals surface area contributed by atoms with E-state index in [4.69, 9.17) is 0 Å². The average molecular weight is 344 g/mol. The highest BCUT2D eigenvalue weighted by molar-refractivity contribution is 7.16. The topological polar surface area (TPSA) is 79.2 Å². The van der Waals surface area contributed by atoms with E-state index in [-0.39, 0.29) is 5.56 Å². The highest BCUT2D eigenvalue weighted by Gasteiger charge is 2.23. The lowest BCUT2D eigenvalue weighted by atomic mass is 9.94. The number of piperidine rings is 1. The van der Waals surface area contributed by atoms with Gasteiger partial charge in [0.1, 0.15) is 5.01 Å². The standard InChI is InChI=1S/C16H20N6OS/c1-10-6-14(19-18-10)12-4-3-5-21(8-12)9-13-7-15(23)22-16(17-13)24-11(2)20-22/h6-7,12H,3-5,8-9H2,1-2H3,(H,18,19). The molecule has 0 aromatic carbocycles. The molecule has 8 heteroatoms. The van der Waals surface area contributed by atoms with Crippen molar-refractivity contribution in [1.82, 2.24) is 29.7 Å². The molecule has 1 atom stereocenters. The van der Waals surface area contributed by atoms with E-state index in [0.717, 1.165) is 48.0 Å². The molecule has 0 radical (unpaired) electrons. The van der Waals surface area contributed by atoms with Gasteiger partial charge in [0, 0.05) is 30.8 Å². The molecule has 4 heterocycles. The zero-order valence-electron chi connectivity index (χ0n) is 13.8. The van der Waals surface area contributed by atoms with Crippen molar-refractivity contribution < 1.29 is 0 Å². The summed E-state index contributed by atoms with van der Waals surface area (Å²) >= 11 is 1.45. The largest absolute Gasteiger partial charge is 0.297 e. The molecule has 0 aliphatic carbocycles. The highest BCUT2D eigenvalue weighted by Crippen LogP contribution is 2.26. The first-order valence-corrected chi connectivity index (χ1v) is 9.01. The van der Waals surface area contributed by atoms with Gasteiger partial charge in [0.2, 0.25) is 4.96 Å². The second kappa shape index (κ2) is 6.10. The van der Waals surface area contributed by atoms with Gasteiger partial charge >= 0.3 is 0 Å². The van der Waals surface area contributed by atoms with Crippen LogP contribution in [-0.4, -0.2) is 42.8 Å². The summed E-state index contributed by atoms with van der Waals surface area (Å²) in [7, 11) is 0. The fraction of sp³-hybridized carbons (Fsp3) is 0.500. The Kier molecular flexibility index (Phi) is 3.93. The molecule has 1 N–H and O–H groups in total. The molecule has 1 fully saturated rings.